The largest absolute Gasteiger partial charge is 0.506 e. The van der Waals surface area contributed by atoms with E-state index in [2.05, 4.69) is 5.32 Å². The lowest BCUT2D eigenvalue weighted by Gasteiger charge is -2.36. The molecule has 1 fully saturated rings. The number of phenols is 1. The molecule has 1 atom stereocenters. The van der Waals surface area contributed by atoms with Gasteiger partial charge in [-0.15, -0.1) is 24.8 Å². The smallest absolute Gasteiger partial charge is 0.408 e. The topological polar surface area (TPSA) is 78.6 Å². The minimum Gasteiger partial charge on any atom is -0.506 e. The number of rotatable bonds is 3. The van der Waals surface area contributed by atoms with Crippen molar-refractivity contribution >= 4 is 42.1 Å². The summed E-state index contributed by atoms with van der Waals surface area (Å²) in [5.74, 6) is -0.906. The Kier molecular flexibility index (Phi) is 8.54. The van der Waals surface area contributed by atoms with Crippen LogP contribution in [0.1, 0.15) is 11.6 Å². The molecule has 0 bridgehead atoms. The van der Waals surface area contributed by atoms with Crippen molar-refractivity contribution in [3.63, 3.8) is 0 Å². The third kappa shape index (κ3) is 4.76. The lowest BCUT2D eigenvalue weighted by atomic mass is 10.0. The zero-order chi connectivity index (χ0) is 16.5. The van der Waals surface area contributed by atoms with Crippen LogP contribution in [0.3, 0.4) is 0 Å². The van der Waals surface area contributed by atoms with Gasteiger partial charge in [-0.25, -0.2) is 0 Å². The van der Waals surface area contributed by atoms with E-state index in [0.29, 0.717) is 13.1 Å². The number of nitro benzene ring substituents is 1. The molecule has 12 heteroatoms. The van der Waals surface area contributed by atoms with Gasteiger partial charge in [0.05, 0.1) is 15.5 Å². The van der Waals surface area contributed by atoms with Crippen LogP contribution >= 0.6 is 36.4 Å². The average molecular weight is 413 g/mol. The molecule has 24 heavy (non-hydrogen) atoms. The fourth-order valence-electron chi connectivity index (χ4n) is 2.49. The van der Waals surface area contributed by atoms with Crippen LogP contribution < -0.4 is 5.32 Å². The Bertz CT molecular complexity index is 584. The molecule has 1 aromatic carbocycles. The molecule has 138 valence electrons. The molecule has 0 spiro atoms. The minimum absolute atomic E-state index is 0. The van der Waals surface area contributed by atoms with Gasteiger partial charge in [0.15, 0.2) is 0 Å². The first kappa shape index (κ1) is 23.0. The maximum absolute atomic E-state index is 13.5. The molecule has 1 aliphatic heterocycles. The van der Waals surface area contributed by atoms with Gasteiger partial charge in [-0.2, -0.15) is 13.2 Å². The van der Waals surface area contributed by atoms with Gasteiger partial charge >= 0.3 is 6.18 Å². The average Bonchev–Trinajstić information content (AvgIpc) is 2.43. The summed E-state index contributed by atoms with van der Waals surface area (Å²) < 4.78 is 40.5. The zero-order valence-corrected chi connectivity index (χ0v) is 14.4. The highest BCUT2D eigenvalue weighted by Crippen LogP contribution is 2.47. The van der Waals surface area contributed by atoms with Crippen molar-refractivity contribution in [2.45, 2.75) is 12.2 Å². The molecule has 0 amide bonds. The third-order valence-electron chi connectivity index (χ3n) is 3.44. The summed E-state index contributed by atoms with van der Waals surface area (Å²) in [5, 5.41) is 23.5. The van der Waals surface area contributed by atoms with Crippen molar-refractivity contribution in [2.75, 3.05) is 26.2 Å². The highest BCUT2D eigenvalue weighted by Gasteiger charge is 2.49. The van der Waals surface area contributed by atoms with Gasteiger partial charge in [0.2, 0.25) is 0 Å². The van der Waals surface area contributed by atoms with E-state index in [1.165, 1.54) is 0 Å². The molecule has 0 saturated carbocycles. The summed E-state index contributed by atoms with van der Waals surface area (Å²) in [6.45, 7) is 0.740. The number of hydrogen-bond acceptors (Lipinski definition) is 5. The van der Waals surface area contributed by atoms with Crippen LogP contribution in [-0.4, -0.2) is 47.3 Å². The molecule has 1 aromatic rings. The van der Waals surface area contributed by atoms with Crippen molar-refractivity contribution in [1.82, 2.24) is 10.2 Å². The van der Waals surface area contributed by atoms with Crippen LogP contribution in [0.5, 0.6) is 5.75 Å². The maximum Gasteiger partial charge on any atom is 0.408 e. The van der Waals surface area contributed by atoms with Crippen LogP contribution in [0.25, 0.3) is 0 Å². The molecule has 1 heterocycles. The van der Waals surface area contributed by atoms with Gasteiger partial charge in [-0.05, 0) is 6.07 Å². The van der Waals surface area contributed by atoms with Gasteiger partial charge in [-0.1, -0.05) is 11.6 Å². The van der Waals surface area contributed by atoms with Gasteiger partial charge in [0, 0.05) is 32.2 Å². The number of alkyl halides is 3. The number of piperazine rings is 1. The minimum atomic E-state index is -4.79. The van der Waals surface area contributed by atoms with Gasteiger partial charge < -0.3 is 10.4 Å². The van der Waals surface area contributed by atoms with Crippen molar-refractivity contribution in [3.8, 4) is 5.75 Å². The second-order valence-electron chi connectivity index (χ2n) is 4.82. The zero-order valence-electron chi connectivity index (χ0n) is 12.0. The van der Waals surface area contributed by atoms with Gasteiger partial charge in [0.1, 0.15) is 11.8 Å². The van der Waals surface area contributed by atoms with E-state index in [1.54, 1.807) is 0 Å². The Morgan fingerprint density at radius 1 is 1.29 bits per heavy atom. The van der Waals surface area contributed by atoms with E-state index in [9.17, 15) is 28.4 Å². The van der Waals surface area contributed by atoms with E-state index in [1.807, 2.05) is 0 Å². The Hall–Kier alpha value is -1.00. The Morgan fingerprint density at radius 2 is 1.83 bits per heavy atom. The maximum atomic E-state index is 13.5. The number of phenolic OH excluding ortho intramolecular Hbond substituents is 1. The monoisotopic (exact) mass is 411 g/mol. The Morgan fingerprint density at radius 3 is 2.29 bits per heavy atom. The number of aromatic hydroxyl groups is 1. The van der Waals surface area contributed by atoms with Crippen molar-refractivity contribution in [3.05, 3.63) is 32.8 Å². The Balaban J connectivity index is 0.00000264. The standard InChI is InChI=1S/C12H13ClF3N3O3.2ClH/c13-7-1-2-8(19(21)22)9(10(7)20)11(12(14,15)16)18-5-3-17-4-6-18;;/h1-2,11,17,20H,3-6H2;2*1H/t11-;;/m0../s1. The van der Waals surface area contributed by atoms with Crippen molar-refractivity contribution in [2.24, 2.45) is 0 Å². The normalized spacial score (nSPS) is 16.7. The molecule has 1 aliphatic rings. The van der Waals surface area contributed by atoms with E-state index >= 15 is 0 Å². The fraction of sp³-hybridized carbons (Fsp3) is 0.500. The molecular weight excluding hydrogens is 398 g/mol. The summed E-state index contributed by atoms with van der Waals surface area (Å²) in [6.07, 6.45) is -4.79. The number of nitrogens with one attached hydrogen (secondary N) is 1. The number of nitro groups is 1. The van der Waals surface area contributed by atoms with Gasteiger partial charge in [-0.3, -0.25) is 15.0 Å². The fourth-order valence-corrected chi connectivity index (χ4v) is 2.66. The van der Waals surface area contributed by atoms with E-state index in [0.717, 1.165) is 17.0 Å². The lowest BCUT2D eigenvalue weighted by molar-refractivity contribution is -0.386. The second-order valence-corrected chi connectivity index (χ2v) is 5.22. The molecule has 2 rings (SSSR count). The summed E-state index contributed by atoms with van der Waals surface area (Å²) >= 11 is 5.65. The summed E-state index contributed by atoms with van der Waals surface area (Å²) in [4.78, 5) is 11.2. The molecule has 2 N–H and O–H groups in total. The predicted molar refractivity (Wildman–Crippen MR) is 87.5 cm³/mol. The quantitative estimate of drug-likeness (QED) is 0.588. The van der Waals surface area contributed by atoms with Crippen molar-refractivity contribution in [1.29, 1.82) is 0 Å². The highest BCUT2D eigenvalue weighted by atomic mass is 35.5. The summed E-state index contributed by atoms with van der Waals surface area (Å²) in [7, 11) is 0. The van der Waals surface area contributed by atoms with E-state index in [-0.39, 0.29) is 42.9 Å². The van der Waals surface area contributed by atoms with Crippen LogP contribution in [-0.2, 0) is 0 Å². The summed E-state index contributed by atoms with van der Waals surface area (Å²) in [6, 6.07) is -0.407. The third-order valence-corrected chi connectivity index (χ3v) is 3.75. The molecule has 6 nitrogen and oxygen atoms in total. The SMILES string of the molecule is Cl.Cl.O=[N+]([O-])c1ccc(Cl)c(O)c1[C@H](N1CCNCC1)C(F)(F)F. The second kappa shape index (κ2) is 8.91. The van der Waals surface area contributed by atoms with Crippen LogP contribution in [0.2, 0.25) is 5.02 Å². The van der Waals surface area contributed by atoms with Crippen LogP contribution in [0.15, 0.2) is 12.1 Å². The number of benzene rings is 1. The lowest BCUT2D eigenvalue weighted by Crippen LogP contribution is -2.49. The molecule has 1 saturated heterocycles. The Labute approximate surface area is 152 Å². The molecule has 0 unspecified atom stereocenters. The van der Waals surface area contributed by atoms with Crippen LogP contribution in [0.4, 0.5) is 18.9 Å². The predicted octanol–water partition coefficient (Wildman–Crippen LogP) is 3.31. The first-order valence-corrected chi connectivity index (χ1v) is 6.78. The first-order chi connectivity index (χ1) is 10.2. The van der Waals surface area contributed by atoms with E-state index < -0.39 is 34.1 Å². The number of nitrogens with zero attached hydrogens (tertiary/aromatic N) is 2. The highest BCUT2D eigenvalue weighted by molar-refractivity contribution is 6.32. The number of halogens is 6. The number of hydrogen-bond donors (Lipinski definition) is 2. The molecule has 0 aliphatic carbocycles. The molecule has 0 aromatic heterocycles. The first-order valence-electron chi connectivity index (χ1n) is 6.40. The molecular formula is C12H15Cl3F3N3O3. The molecule has 0 radical (unpaired) electrons. The van der Waals surface area contributed by atoms with Crippen LogP contribution in [0, 0.1) is 10.1 Å². The van der Waals surface area contributed by atoms with Gasteiger partial charge in [0.25, 0.3) is 5.69 Å². The van der Waals surface area contributed by atoms with Crippen molar-refractivity contribution < 1.29 is 23.2 Å². The van der Waals surface area contributed by atoms with E-state index in [4.69, 9.17) is 11.6 Å². The summed E-state index contributed by atoms with van der Waals surface area (Å²) in [5.41, 5.74) is -1.62.